The summed E-state index contributed by atoms with van der Waals surface area (Å²) in [6.07, 6.45) is 5.12. The topological polar surface area (TPSA) is 29.1 Å². The zero-order valence-corrected chi connectivity index (χ0v) is 9.35. The molecule has 0 spiro atoms. The third-order valence-electron chi connectivity index (χ3n) is 3.47. The van der Waals surface area contributed by atoms with Crippen LogP contribution in [0.2, 0.25) is 0 Å². The van der Waals surface area contributed by atoms with Crippen molar-refractivity contribution in [1.29, 1.82) is 0 Å². The van der Waals surface area contributed by atoms with Gasteiger partial charge in [0.05, 0.1) is 0 Å². The third kappa shape index (κ3) is 1.90. The number of alkyl halides is 1. The first kappa shape index (κ1) is 9.50. The molecule has 0 aromatic carbocycles. The fraction of sp³-hybridized carbons (Fsp3) is 0.900. The van der Waals surface area contributed by atoms with Gasteiger partial charge >= 0.3 is 0 Å². The van der Waals surface area contributed by atoms with E-state index in [0.29, 0.717) is 17.7 Å². The second kappa shape index (κ2) is 3.99. The lowest BCUT2D eigenvalue weighted by Crippen LogP contribution is -2.34. The Morgan fingerprint density at radius 3 is 2.77 bits per heavy atom. The molecule has 2 aliphatic rings. The van der Waals surface area contributed by atoms with E-state index < -0.39 is 0 Å². The zero-order valence-electron chi connectivity index (χ0n) is 7.76. The van der Waals surface area contributed by atoms with Crippen molar-refractivity contribution in [2.24, 2.45) is 17.8 Å². The average Bonchev–Trinajstić information content (AvgIpc) is 2.74. The lowest BCUT2D eigenvalue weighted by molar-refractivity contribution is -0.126. The number of fused-ring (bicyclic) bond motifs is 2. The van der Waals surface area contributed by atoms with E-state index in [1.54, 1.807) is 0 Å². The zero-order chi connectivity index (χ0) is 9.26. The summed E-state index contributed by atoms with van der Waals surface area (Å²) in [5.74, 6) is 2.22. The van der Waals surface area contributed by atoms with Gasteiger partial charge < -0.3 is 5.32 Å². The molecule has 1 amide bonds. The van der Waals surface area contributed by atoms with E-state index in [0.717, 1.165) is 24.2 Å². The smallest absolute Gasteiger partial charge is 0.223 e. The molecule has 2 fully saturated rings. The normalized spacial score (nSPS) is 36.5. The first-order valence-corrected chi connectivity index (χ1v) is 6.27. The summed E-state index contributed by atoms with van der Waals surface area (Å²) < 4.78 is 0. The van der Waals surface area contributed by atoms with Gasteiger partial charge in [0.2, 0.25) is 5.91 Å². The van der Waals surface area contributed by atoms with Gasteiger partial charge in [-0.25, -0.2) is 0 Å². The van der Waals surface area contributed by atoms with Crippen LogP contribution in [0.4, 0.5) is 0 Å². The van der Waals surface area contributed by atoms with Crippen LogP contribution in [0.1, 0.15) is 25.7 Å². The molecule has 0 aromatic rings. The molecule has 3 heteroatoms. The van der Waals surface area contributed by atoms with E-state index in [1.807, 2.05) is 0 Å². The van der Waals surface area contributed by atoms with Gasteiger partial charge in [-0.15, -0.1) is 0 Å². The summed E-state index contributed by atoms with van der Waals surface area (Å²) in [7, 11) is 0. The maximum absolute atomic E-state index is 11.7. The molecule has 13 heavy (non-hydrogen) atoms. The second-order valence-electron chi connectivity index (χ2n) is 4.26. The Bertz CT molecular complexity index is 207. The molecular weight excluding hydrogens is 230 g/mol. The number of amides is 1. The van der Waals surface area contributed by atoms with Crippen LogP contribution in [0, 0.1) is 17.8 Å². The van der Waals surface area contributed by atoms with Crippen LogP contribution in [0.25, 0.3) is 0 Å². The predicted octanol–water partition coefficient (Wildman–Crippen LogP) is 1.93. The molecule has 0 saturated heterocycles. The number of halogens is 1. The van der Waals surface area contributed by atoms with Crippen molar-refractivity contribution < 1.29 is 4.79 Å². The number of nitrogens with one attached hydrogen (secondary N) is 1. The van der Waals surface area contributed by atoms with Gasteiger partial charge in [0.15, 0.2) is 0 Å². The minimum absolute atomic E-state index is 0.298. The molecule has 2 rings (SSSR count). The maximum Gasteiger partial charge on any atom is 0.223 e. The maximum atomic E-state index is 11.7. The van der Waals surface area contributed by atoms with E-state index in [1.165, 1.54) is 19.3 Å². The molecule has 0 radical (unpaired) electrons. The molecule has 1 N–H and O–H groups in total. The highest BCUT2D eigenvalue weighted by molar-refractivity contribution is 9.09. The fourth-order valence-corrected chi connectivity index (χ4v) is 3.07. The van der Waals surface area contributed by atoms with Crippen LogP contribution >= 0.6 is 15.9 Å². The van der Waals surface area contributed by atoms with Crippen LogP contribution in [-0.4, -0.2) is 17.8 Å². The molecular formula is C10H16BrNO. The van der Waals surface area contributed by atoms with Crippen molar-refractivity contribution in [3.63, 3.8) is 0 Å². The molecule has 2 aliphatic carbocycles. The van der Waals surface area contributed by atoms with Crippen molar-refractivity contribution in [1.82, 2.24) is 5.32 Å². The predicted molar refractivity (Wildman–Crippen MR) is 55.7 cm³/mol. The Hall–Kier alpha value is -0.0500. The average molecular weight is 246 g/mol. The molecule has 3 atom stereocenters. The van der Waals surface area contributed by atoms with Crippen molar-refractivity contribution >= 4 is 21.8 Å². The van der Waals surface area contributed by atoms with Gasteiger partial charge in [-0.1, -0.05) is 22.4 Å². The van der Waals surface area contributed by atoms with E-state index in [2.05, 4.69) is 21.2 Å². The van der Waals surface area contributed by atoms with Crippen LogP contribution in [0.3, 0.4) is 0 Å². The van der Waals surface area contributed by atoms with E-state index >= 15 is 0 Å². The van der Waals surface area contributed by atoms with Crippen LogP contribution in [0.15, 0.2) is 0 Å². The van der Waals surface area contributed by atoms with Crippen LogP contribution < -0.4 is 5.32 Å². The number of carbonyl (C=O) groups excluding carboxylic acids is 1. The summed E-state index contributed by atoms with van der Waals surface area (Å²) in [5, 5.41) is 3.83. The summed E-state index contributed by atoms with van der Waals surface area (Å²) >= 11 is 3.31. The Kier molecular flexibility index (Phi) is 2.92. The van der Waals surface area contributed by atoms with Crippen LogP contribution in [0.5, 0.6) is 0 Å². The van der Waals surface area contributed by atoms with Crippen molar-refractivity contribution in [2.75, 3.05) is 11.9 Å². The molecule has 0 heterocycles. The number of hydrogen-bond donors (Lipinski definition) is 1. The molecule has 0 aliphatic heterocycles. The summed E-state index contributed by atoms with van der Waals surface area (Å²) in [6, 6.07) is 0. The quantitative estimate of drug-likeness (QED) is 0.757. The molecule has 2 nitrogen and oxygen atoms in total. The van der Waals surface area contributed by atoms with Crippen molar-refractivity contribution in [2.45, 2.75) is 25.7 Å². The minimum atomic E-state index is 0.298. The van der Waals surface area contributed by atoms with Gasteiger partial charge in [-0.3, -0.25) is 4.79 Å². The molecule has 2 bridgehead atoms. The lowest BCUT2D eigenvalue weighted by atomic mass is 9.88. The van der Waals surface area contributed by atoms with Gasteiger partial charge in [0.1, 0.15) is 0 Å². The van der Waals surface area contributed by atoms with Crippen molar-refractivity contribution in [3.8, 4) is 0 Å². The van der Waals surface area contributed by atoms with E-state index in [9.17, 15) is 4.79 Å². The second-order valence-corrected chi connectivity index (χ2v) is 5.05. The molecule has 3 unspecified atom stereocenters. The van der Waals surface area contributed by atoms with Gasteiger partial charge in [-0.05, 0) is 31.1 Å². The highest BCUT2D eigenvalue weighted by atomic mass is 79.9. The minimum Gasteiger partial charge on any atom is -0.355 e. The highest BCUT2D eigenvalue weighted by Crippen LogP contribution is 2.48. The number of hydrogen-bond acceptors (Lipinski definition) is 1. The Morgan fingerprint density at radius 1 is 1.38 bits per heavy atom. The standard InChI is InChI=1S/C10H16BrNO/c11-3-4-12-10(13)9-6-7-1-2-8(9)5-7/h7-9H,1-6H2,(H,12,13). The Balaban J connectivity index is 1.84. The first-order valence-electron chi connectivity index (χ1n) is 5.15. The number of carbonyl (C=O) groups is 1. The van der Waals surface area contributed by atoms with Crippen LogP contribution in [-0.2, 0) is 4.79 Å². The molecule has 2 saturated carbocycles. The van der Waals surface area contributed by atoms with Gasteiger partial charge in [0.25, 0.3) is 0 Å². The fourth-order valence-electron chi connectivity index (χ4n) is 2.87. The lowest BCUT2D eigenvalue weighted by Gasteiger charge is -2.20. The van der Waals surface area contributed by atoms with Gasteiger partial charge in [0, 0.05) is 17.8 Å². The highest BCUT2D eigenvalue weighted by Gasteiger charge is 2.42. The van der Waals surface area contributed by atoms with Gasteiger partial charge in [-0.2, -0.15) is 0 Å². The molecule has 0 aromatic heterocycles. The van der Waals surface area contributed by atoms with E-state index in [4.69, 9.17) is 0 Å². The summed E-state index contributed by atoms with van der Waals surface area (Å²) in [6.45, 7) is 0.771. The molecule has 74 valence electrons. The Morgan fingerprint density at radius 2 is 2.23 bits per heavy atom. The van der Waals surface area contributed by atoms with Crippen molar-refractivity contribution in [3.05, 3.63) is 0 Å². The largest absolute Gasteiger partial charge is 0.355 e. The third-order valence-corrected chi connectivity index (χ3v) is 3.87. The summed E-state index contributed by atoms with van der Waals surface area (Å²) in [4.78, 5) is 11.7. The number of rotatable bonds is 3. The monoisotopic (exact) mass is 245 g/mol. The SMILES string of the molecule is O=C(NCCBr)C1CC2CCC1C2. The first-order chi connectivity index (χ1) is 6.31. The summed E-state index contributed by atoms with van der Waals surface area (Å²) in [5.41, 5.74) is 0. The Labute approximate surface area is 87.6 Å². The van der Waals surface area contributed by atoms with E-state index in [-0.39, 0.29) is 0 Å².